The van der Waals surface area contributed by atoms with Gasteiger partial charge in [0.2, 0.25) is 0 Å². The highest BCUT2D eigenvalue weighted by molar-refractivity contribution is 6.42. The van der Waals surface area contributed by atoms with Crippen LogP contribution in [0.3, 0.4) is 0 Å². The third kappa shape index (κ3) is 3.94. The highest BCUT2D eigenvalue weighted by atomic mass is 35.5. The van der Waals surface area contributed by atoms with Crippen molar-refractivity contribution in [1.29, 1.82) is 0 Å². The van der Waals surface area contributed by atoms with Gasteiger partial charge in [-0.3, -0.25) is 9.78 Å². The average Bonchev–Trinajstić information content (AvgIpc) is 2.43. The molecular weight excluding hydrogens is 283 g/mol. The zero-order chi connectivity index (χ0) is 13.7. The first-order chi connectivity index (χ1) is 9.16. The van der Waals surface area contributed by atoms with E-state index in [-0.39, 0.29) is 5.91 Å². The first kappa shape index (κ1) is 13.8. The van der Waals surface area contributed by atoms with Crippen LogP contribution in [0.15, 0.2) is 42.7 Å². The minimum Gasteiger partial charge on any atom is -0.352 e. The largest absolute Gasteiger partial charge is 0.352 e. The number of aromatic nitrogens is 1. The van der Waals surface area contributed by atoms with Crippen LogP contribution in [0.25, 0.3) is 0 Å². The number of rotatable bonds is 4. The van der Waals surface area contributed by atoms with Crippen LogP contribution in [-0.4, -0.2) is 17.4 Å². The van der Waals surface area contributed by atoms with E-state index in [1.807, 2.05) is 12.1 Å². The number of carbonyl (C=O) groups is 1. The number of carbonyl (C=O) groups excluding carboxylic acids is 1. The number of halogens is 2. The van der Waals surface area contributed by atoms with Gasteiger partial charge in [0, 0.05) is 24.5 Å². The molecule has 2 rings (SSSR count). The summed E-state index contributed by atoms with van der Waals surface area (Å²) in [5.41, 5.74) is 1.63. The highest BCUT2D eigenvalue weighted by Crippen LogP contribution is 2.22. The Morgan fingerprint density at radius 2 is 1.84 bits per heavy atom. The fraction of sp³-hybridized carbons (Fsp3) is 0.143. The maximum Gasteiger partial charge on any atom is 0.251 e. The second-order valence-corrected chi connectivity index (χ2v) is 4.80. The van der Waals surface area contributed by atoms with Gasteiger partial charge in [-0.15, -0.1) is 0 Å². The van der Waals surface area contributed by atoms with Crippen molar-refractivity contribution in [1.82, 2.24) is 10.3 Å². The normalized spacial score (nSPS) is 10.2. The van der Waals surface area contributed by atoms with Crippen LogP contribution in [0.1, 0.15) is 15.9 Å². The minimum absolute atomic E-state index is 0.160. The molecule has 0 aliphatic carbocycles. The van der Waals surface area contributed by atoms with E-state index in [0.717, 1.165) is 12.0 Å². The number of hydrogen-bond donors (Lipinski definition) is 1. The molecule has 19 heavy (non-hydrogen) atoms. The Morgan fingerprint density at radius 3 is 2.53 bits per heavy atom. The van der Waals surface area contributed by atoms with Crippen LogP contribution in [0.2, 0.25) is 10.0 Å². The number of hydrogen-bond acceptors (Lipinski definition) is 2. The molecule has 0 spiro atoms. The summed E-state index contributed by atoms with van der Waals surface area (Å²) in [4.78, 5) is 15.8. The molecule has 1 aromatic heterocycles. The summed E-state index contributed by atoms with van der Waals surface area (Å²) >= 11 is 11.7. The SMILES string of the molecule is O=C(NCCc1ccncc1)c1ccc(Cl)c(Cl)c1. The van der Waals surface area contributed by atoms with Crippen molar-refractivity contribution < 1.29 is 4.79 Å². The molecule has 98 valence electrons. The monoisotopic (exact) mass is 294 g/mol. The van der Waals surface area contributed by atoms with Gasteiger partial charge >= 0.3 is 0 Å². The Hall–Kier alpha value is -1.58. The predicted molar refractivity (Wildman–Crippen MR) is 76.7 cm³/mol. The molecule has 0 unspecified atom stereocenters. The molecule has 0 bridgehead atoms. The summed E-state index contributed by atoms with van der Waals surface area (Å²) in [7, 11) is 0. The zero-order valence-electron chi connectivity index (χ0n) is 10.1. The summed E-state index contributed by atoms with van der Waals surface area (Å²) in [6, 6.07) is 8.67. The lowest BCUT2D eigenvalue weighted by Gasteiger charge is -2.06. The number of amides is 1. The van der Waals surface area contributed by atoms with Crippen molar-refractivity contribution in [2.45, 2.75) is 6.42 Å². The lowest BCUT2D eigenvalue weighted by atomic mass is 10.2. The molecule has 5 heteroatoms. The summed E-state index contributed by atoms with van der Waals surface area (Å²) < 4.78 is 0. The van der Waals surface area contributed by atoms with Gasteiger partial charge in [0.05, 0.1) is 10.0 Å². The molecule has 1 aromatic carbocycles. The molecule has 2 aromatic rings. The molecule has 0 aliphatic rings. The number of pyridine rings is 1. The van der Waals surface area contributed by atoms with Gasteiger partial charge in [0.15, 0.2) is 0 Å². The second-order valence-electron chi connectivity index (χ2n) is 3.99. The van der Waals surface area contributed by atoms with Gasteiger partial charge in [0.1, 0.15) is 0 Å². The van der Waals surface area contributed by atoms with Gasteiger partial charge in [-0.1, -0.05) is 23.2 Å². The third-order valence-corrected chi connectivity index (χ3v) is 3.37. The Balaban J connectivity index is 1.89. The summed E-state index contributed by atoms with van der Waals surface area (Å²) in [5, 5.41) is 3.65. The van der Waals surface area contributed by atoms with E-state index < -0.39 is 0 Å². The number of nitrogens with one attached hydrogen (secondary N) is 1. The fourth-order valence-electron chi connectivity index (χ4n) is 1.61. The van der Waals surface area contributed by atoms with Crippen LogP contribution >= 0.6 is 23.2 Å². The third-order valence-electron chi connectivity index (χ3n) is 2.63. The Morgan fingerprint density at radius 1 is 1.11 bits per heavy atom. The number of benzene rings is 1. The van der Waals surface area contributed by atoms with Crippen molar-refractivity contribution >= 4 is 29.1 Å². The summed E-state index contributed by atoms with van der Waals surface area (Å²) in [5.74, 6) is -0.160. The topological polar surface area (TPSA) is 42.0 Å². The van der Waals surface area contributed by atoms with Crippen molar-refractivity contribution in [2.24, 2.45) is 0 Å². The maximum atomic E-state index is 11.9. The van der Waals surface area contributed by atoms with Gasteiger partial charge in [-0.25, -0.2) is 0 Å². The zero-order valence-corrected chi connectivity index (χ0v) is 11.6. The molecule has 3 nitrogen and oxygen atoms in total. The Bertz CT molecular complexity index is 573. The van der Waals surface area contributed by atoms with Crippen molar-refractivity contribution in [3.8, 4) is 0 Å². The molecule has 0 atom stereocenters. The van der Waals surface area contributed by atoms with E-state index in [4.69, 9.17) is 23.2 Å². The van der Waals surface area contributed by atoms with Crippen LogP contribution in [0.4, 0.5) is 0 Å². The molecule has 0 radical (unpaired) electrons. The van der Waals surface area contributed by atoms with E-state index in [1.54, 1.807) is 30.6 Å². The van der Waals surface area contributed by atoms with Crippen LogP contribution < -0.4 is 5.32 Å². The van der Waals surface area contributed by atoms with Crippen molar-refractivity contribution in [3.63, 3.8) is 0 Å². The summed E-state index contributed by atoms with van der Waals surface area (Å²) in [6.07, 6.45) is 4.22. The molecule has 1 N–H and O–H groups in total. The quantitative estimate of drug-likeness (QED) is 0.939. The van der Waals surface area contributed by atoms with E-state index >= 15 is 0 Å². The Labute approximate surface area is 121 Å². The molecule has 0 fully saturated rings. The van der Waals surface area contributed by atoms with Crippen molar-refractivity contribution in [3.05, 3.63) is 63.9 Å². The van der Waals surface area contributed by atoms with E-state index in [9.17, 15) is 4.79 Å². The van der Waals surface area contributed by atoms with Gasteiger partial charge < -0.3 is 5.32 Å². The van der Waals surface area contributed by atoms with Gasteiger partial charge in [0.25, 0.3) is 5.91 Å². The van der Waals surface area contributed by atoms with Gasteiger partial charge in [-0.05, 0) is 42.3 Å². The summed E-state index contributed by atoms with van der Waals surface area (Å²) in [6.45, 7) is 0.559. The standard InChI is InChI=1S/C14H12Cl2N2O/c15-12-2-1-11(9-13(12)16)14(19)18-8-5-10-3-6-17-7-4-10/h1-4,6-7,9H,5,8H2,(H,18,19). The van der Waals surface area contributed by atoms with Crippen molar-refractivity contribution in [2.75, 3.05) is 6.54 Å². The maximum absolute atomic E-state index is 11.9. The molecule has 0 saturated carbocycles. The fourth-order valence-corrected chi connectivity index (χ4v) is 1.91. The second kappa shape index (κ2) is 6.55. The molecule has 0 saturated heterocycles. The van der Waals surface area contributed by atoms with Crippen LogP contribution in [0, 0.1) is 0 Å². The molecule has 1 amide bonds. The smallest absolute Gasteiger partial charge is 0.251 e. The molecule has 1 heterocycles. The van der Waals surface area contributed by atoms with Crippen LogP contribution in [-0.2, 0) is 6.42 Å². The highest BCUT2D eigenvalue weighted by Gasteiger charge is 2.07. The van der Waals surface area contributed by atoms with E-state index in [2.05, 4.69) is 10.3 Å². The number of nitrogens with zero attached hydrogens (tertiary/aromatic N) is 1. The molecular formula is C14H12Cl2N2O. The molecule has 0 aliphatic heterocycles. The first-order valence-corrected chi connectivity index (χ1v) is 6.54. The average molecular weight is 295 g/mol. The predicted octanol–water partition coefficient (Wildman–Crippen LogP) is 3.36. The minimum atomic E-state index is -0.160. The van der Waals surface area contributed by atoms with E-state index in [0.29, 0.717) is 22.2 Å². The lowest BCUT2D eigenvalue weighted by Crippen LogP contribution is -2.25. The first-order valence-electron chi connectivity index (χ1n) is 5.79. The Kier molecular flexibility index (Phi) is 4.77. The van der Waals surface area contributed by atoms with Gasteiger partial charge in [-0.2, -0.15) is 0 Å². The van der Waals surface area contributed by atoms with E-state index in [1.165, 1.54) is 0 Å². The lowest BCUT2D eigenvalue weighted by molar-refractivity contribution is 0.0954. The van der Waals surface area contributed by atoms with Crippen LogP contribution in [0.5, 0.6) is 0 Å².